The molecule has 0 radical (unpaired) electrons. The van der Waals surface area contributed by atoms with E-state index in [2.05, 4.69) is 24.1 Å². The van der Waals surface area contributed by atoms with Crippen LogP contribution in [0.4, 0.5) is 0 Å². The first-order valence-corrected chi connectivity index (χ1v) is 37.8. The van der Waals surface area contributed by atoms with Crippen LogP contribution in [0.5, 0.6) is 0 Å². The maximum Gasteiger partial charge on any atom is 0.491 e. The summed E-state index contributed by atoms with van der Waals surface area (Å²) < 4.78 is 99.4. The zero-order chi connectivity index (χ0) is 53.5. The third-order valence-corrected chi connectivity index (χ3v) is 28.0. The van der Waals surface area contributed by atoms with Gasteiger partial charge in [0.05, 0.1) is 51.8 Å². The average molecular weight is 1150 g/mol. The molecule has 70 heavy (non-hydrogen) atoms. The Balaban J connectivity index is 4.65. The molecule has 0 aliphatic heterocycles. The first kappa shape index (κ1) is 70.6. The van der Waals surface area contributed by atoms with E-state index in [-0.39, 0.29) is 72.2 Å². The molecule has 0 fully saturated rings. The highest BCUT2D eigenvalue weighted by molar-refractivity contribution is 7.52. The molecule has 33 heteroatoms. The average Bonchev–Trinajstić information content (AvgIpc) is 3.27. The predicted molar refractivity (Wildman–Crippen MR) is 271 cm³/mol. The van der Waals surface area contributed by atoms with Crippen LogP contribution in [-0.4, -0.2) is 255 Å². The van der Waals surface area contributed by atoms with E-state index < -0.39 is 88.6 Å². The van der Waals surface area contributed by atoms with E-state index in [0.29, 0.717) is 43.6 Å². The second-order valence-corrected chi connectivity index (χ2v) is 35.4. The fraction of sp³-hybridized carbons (Fsp3) is 1.00. The van der Waals surface area contributed by atoms with Crippen molar-refractivity contribution < 1.29 is 102 Å². The summed E-state index contributed by atoms with van der Waals surface area (Å²) in [5.41, 5.74) is 0. The second kappa shape index (κ2) is 36.6. The molecule has 0 saturated carbocycles. The molecule has 0 amide bonds. The van der Waals surface area contributed by atoms with Crippen molar-refractivity contribution in [3.63, 3.8) is 0 Å². The zero-order valence-corrected chi connectivity index (χ0v) is 50.0. The number of aliphatic hydroxyl groups is 2. The first-order chi connectivity index (χ1) is 32.6. The molecule has 0 aliphatic rings. The van der Waals surface area contributed by atoms with Crippen LogP contribution in [0.3, 0.4) is 0 Å². The minimum Gasteiger partial charge on any atom is -0.398 e. The van der Waals surface area contributed by atoms with Gasteiger partial charge in [0.1, 0.15) is 18.9 Å². The Bertz CT molecular complexity index is 1470. The van der Waals surface area contributed by atoms with Crippen molar-refractivity contribution in [2.24, 2.45) is 0 Å². The lowest BCUT2D eigenvalue weighted by Crippen LogP contribution is -2.55. The highest BCUT2D eigenvalue weighted by Gasteiger charge is 2.48. The maximum atomic E-state index is 12.0. The van der Waals surface area contributed by atoms with E-state index in [9.17, 15) is 53.3 Å². The summed E-state index contributed by atoms with van der Waals surface area (Å²) in [4.78, 5) is 61.8. The van der Waals surface area contributed by atoms with E-state index in [1.165, 1.54) is 26.2 Å². The summed E-state index contributed by atoms with van der Waals surface area (Å²) in [5, 5.41) is 24.2. The van der Waals surface area contributed by atoms with Crippen LogP contribution in [0.25, 0.3) is 0 Å². The van der Waals surface area contributed by atoms with Crippen LogP contribution in [0, 0.1) is 0 Å². The monoisotopic (exact) mass is 1150 g/mol. The number of hydrogen-bond acceptors (Lipinski definition) is 20. The third kappa shape index (κ3) is 34.3. The molecule has 0 aromatic heterocycles. The highest BCUT2D eigenvalue weighted by Crippen LogP contribution is 2.41. The summed E-state index contributed by atoms with van der Waals surface area (Å²) in [7, 11) is -16.5. The molecule has 422 valence electrons. The number of aliphatic hydroxyl groups excluding tert-OH is 2. The van der Waals surface area contributed by atoms with Gasteiger partial charge in [0, 0.05) is 67.8 Å². The van der Waals surface area contributed by atoms with Crippen molar-refractivity contribution in [1.82, 2.24) is 20.0 Å². The quantitative estimate of drug-likeness (QED) is 0.0235. The lowest BCUT2D eigenvalue weighted by atomic mass is 10.3. The number of hydrogen-bond donors (Lipinski definition) is 9. The van der Waals surface area contributed by atoms with E-state index in [1.54, 1.807) is 27.9 Å². The molecule has 26 nitrogen and oxygen atoms in total. The Hall–Kier alpha value is 0.638. The lowest BCUT2D eigenvalue weighted by Gasteiger charge is -2.36. The standard InChI is InChI=1S/C37H91N4O22P3Si4/c1-11-39(12-2)18-16-28-70(57-7,58-8)63-67(9,53-3)25-14-19-40(33-64(44,45)46)30-37(43)32-61-24-22-59-21-23-60-31-36(42)29-38-17-13-27-69(55-5,56-6)62-68(10,54-4)26-15-20-41(34-65(47,48)49)35-66(50,51)52/h36-38,42-43H,11-35H2,1-10H3,(H2,44,45,46)(H2,47,48,49)(H2,50,51,52). The topological polar surface area (TPSA) is 336 Å². The van der Waals surface area contributed by atoms with Crippen molar-refractivity contribution in [1.29, 1.82) is 0 Å². The predicted octanol–water partition coefficient (Wildman–Crippen LogP) is 1.19. The first-order valence-electron chi connectivity index (χ1n) is 23.5. The Morgan fingerprint density at radius 1 is 0.500 bits per heavy atom. The van der Waals surface area contributed by atoms with Gasteiger partial charge in [-0.25, -0.2) is 0 Å². The summed E-state index contributed by atoms with van der Waals surface area (Å²) >= 11 is 0. The zero-order valence-electron chi connectivity index (χ0n) is 43.3. The summed E-state index contributed by atoms with van der Waals surface area (Å²) in [6.07, 6.45) is -1.81. The van der Waals surface area contributed by atoms with E-state index >= 15 is 0 Å². The molecule has 0 rings (SSSR count). The minimum atomic E-state index is -4.57. The van der Waals surface area contributed by atoms with Gasteiger partial charge in [0.15, 0.2) is 0 Å². The third-order valence-electron chi connectivity index (χ3n) is 11.1. The van der Waals surface area contributed by atoms with Gasteiger partial charge in [0.25, 0.3) is 0 Å². The fourth-order valence-electron chi connectivity index (χ4n) is 7.27. The molecule has 4 unspecified atom stereocenters. The number of rotatable bonds is 48. The maximum absolute atomic E-state index is 12.0. The SMILES string of the molecule is CCN(CC)CCC[Si](OC)(OC)O[Si](C)(CCCN(CC(O)COCCOCCOCC(O)CNCCC[Si](OC)(OC)O[Si](C)(CCCN(CP(=O)(O)O)CP(=O)(O)O)OC)CP(=O)(O)O)OC. The summed E-state index contributed by atoms with van der Waals surface area (Å²) in [6, 6.07) is 1.85. The molecule has 0 aromatic carbocycles. The van der Waals surface area contributed by atoms with Crippen molar-refractivity contribution in [2.75, 3.05) is 154 Å². The van der Waals surface area contributed by atoms with Crippen molar-refractivity contribution in [3.05, 3.63) is 0 Å². The van der Waals surface area contributed by atoms with Crippen LogP contribution < -0.4 is 5.32 Å². The molecule has 0 spiro atoms. The fourth-order valence-corrected chi connectivity index (χ4v) is 23.0. The molecule has 0 heterocycles. The lowest BCUT2D eigenvalue weighted by molar-refractivity contribution is -0.0252. The smallest absolute Gasteiger partial charge is 0.398 e. The van der Waals surface area contributed by atoms with Crippen LogP contribution in [0.1, 0.15) is 39.5 Å². The number of ether oxygens (including phenoxy) is 3. The highest BCUT2D eigenvalue weighted by atomic mass is 31.2. The Morgan fingerprint density at radius 3 is 1.29 bits per heavy atom. The molecule has 4 atom stereocenters. The Kier molecular flexibility index (Phi) is 37.0. The van der Waals surface area contributed by atoms with Gasteiger partial charge >= 0.3 is 57.5 Å². The summed E-state index contributed by atoms with van der Waals surface area (Å²) in [6.45, 7) is 12.5. The van der Waals surface area contributed by atoms with Gasteiger partial charge in [-0.05, 0) is 90.1 Å². The van der Waals surface area contributed by atoms with Crippen LogP contribution in [0.15, 0.2) is 0 Å². The van der Waals surface area contributed by atoms with Crippen molar-refractivity contribution in [3.8, 4) is 0 Å². The van der Waals surface area contributed by atoms with Gasteiger partial charge in [0.2, 0.25) is 0 Å². The summed E-state index contributed by atoms with van der Waals surface area (Å²) in [5.74, 6) is 0. The van der Waals surface area contributed by atoms with E-state index in [4.69, 9.17) is 49.0 Å². The molecular weight excluding hydrogens is 1060 g/mol. The van der Waals surface area contributed by atoms with Gasteiger partial charge in [-0.3, -0.25) is 23.5 Å². The van der Waals surface area contributed by atoms with Gasteiger partial charge in [-0.2, -0.15) is 0 Å². The molecule has 9 N–H and O–H groups in total. The van der Waals surface area contributed by atoms with Gasteiger partial charge < -0.3 is 98.8 Å². The Morgan fingerprint density at radius 2 is 0.871 bits per heavy atom. The van der Waals surface area contributed by atoms with Crippen molar-refractivity contribution >= 4 is 57.5 Å². The molecule has 0 aliphatic carbocycles. The van der Waals surface area contributed by atoms with Crippen molar-refractivity contribution in [2.45, 2.75) is 89.0 Å². The number of nitrogens with zero attached hydrogens (tertiary/aromatic N) is 3. The molecule has 0 saturated heterocycles. The molecular formula is C37H91N4O22P3Si4. The molecule has 0 bridgehead atoms. The van der Waals surface area contributed by atoms with Crippen LogP contribution in [-0.2, 0) is 62.7 Å². The van der Waals surface area contributed by atoms with Crippen LogP contribution in [0.2, 0.25) is 37.3 Å². The van der Waals surface area contributed by atoms with E-state index in [0.717, 1.165) is 31.0 Å². The van der Waals surface area contributed by atoms with Gasteiger partial charge in [-0.15, -0.1) is 0 Å². The number of nitrogens with one attached hydrogen (secondary N) is 1. The second-order valence-electron chi connectivity index (χ2n) is 17.2. The minimum absolute atomic E-state index is 0.0124. The van der Waals surface area contributed by atoms with E-state index in [1.807, 2.05) is 6.55 Å². The van der Waals surface area contributed by atoms with Gasteiger partial charge in [-0.1, -0.05) is 13.8 Å². The Labute approximate surface area is 420 Å². The largest absolute Gasteiger partial charge is 0.491 e. The normalized spacial score (nSPS) is 16.1. The van der Waals surface area contributed by atoms with Crippen LogP contribution >= 0.6 is 22.8 Å². The molecule has 0 aromatic rings.